The van der Waals surface area contributed by atoms with Crippen molar-refractivity contribution >= 4 is 0 Å². The number of hydrogen-bond acceptors (Lipinski definition) is 1. The SMILES string of the molecule is C=C1/C=C(C)\C=C/CN(C)CCC1. The Hall–Kier alpha value is -0.820. The van der Waals surface area contributed by atoms with Crippen molar-refractivity contribution in [1.29, 1.82) is 0 Å². The average molecular weight is 177 g/mol. The molecule has 0 spiro atoms. The summed E-state index contributed by atoms with van der Waals surface area (Å²) in [6, 6.07) is 0. The van der Waals surface area contributed by atoms with Gasteiger partial charge in [-0.05, 0) is 33.4 Å². The average Bonchev–Trinajstić information content (AvgIpc) is 2.03. The standard InChI is InChI=1S/C12H19N/c1-11-6-4-8-13(3)9-5-7-12(2)10-11/h5,7,10H,1,4,6,8-9H2,2-3H3/b7-5-,12-10-. The molecule has 1 rings (SSSR count). The summed E-state index contributed by atoms with van der Waals surface area (Å²) in [6.45, 7) is 8.38. The van der Waals surface area contributed by atoms with E-state index in [2.05, 4.69) is 43.7 Å². The Balaban J connectivity index is 2.65. The lowest BCUT2D eigenvalue weighted by atomic mass is 10.1. The zero-order valence-corrected chi connectivity index (χ0v) is 8.71. The zero-order chi connectivity index (χ0) is 9.68. The van der Waals surface area contributed by atoms with E-state index in [-0.39, 0.29) is 0 Å². The molecule has 0 aromatic carbocycles. The molecule has 0 N–H and O–H groups in total. The van der Waals surface area contributed by atoms with E-state index in [1.54, 1.807) is 0 Å². The first-order valence-electron chi connectivity index (χ1n) is 4.89. The minimum atomic E-state index is 1.05. The zero-order valence-electron chi connectivity index (χ0n) is 8.71. The van der Waals surface area contributed by atoms with Crippen LogP contribution in [0.1, 0.15) is 19.8 Å². The molecule has 0 aromatic heterocycles. The number of nitrogens with zero attached hydrogens (tertiary/aromatic N) is 1. The van der Waals surface area contributed by atoms with Gasteiger partial charge >= 0.3 is 0 Å². The molecule has 72 valence electrons. The third-order valence-electron chi connectivity index (χ3n) is 2.27. The van der Waals surface area contributed by atoms with Crippen LogP contribution < -0.4 is 0 Å². The van der Waals surface area contributed by atoms with Gasteiger partial charge in [0, 0.05) is 6.54 Å². The molecule has 1 nitrogen and oxygen atoms in total. The van der Waals surface area contributed by atoms with E-state index in [9.17, 15) is 0 Å². The highest BCUT2D eigenvalue weighted by Crippen LogP contribution is 2.10. The summed E-state index contributed by atoms with van der Waals surface area (Å²) in [5.74, 6) is 0. The molecule has 13 heavy (non-hydrogen) atoms. The van der Waals surface area contributed by atoms with Crippen LogP contribution in [-0.2, 0) is 0 Å². The largest absolute Gasteiger partial charge is 0.303 e. The molecule has 0 bridgehead atoms. The number of hydrogen-bond donors (Lipinski definition) is 0. The van der Waals surface area contributed by atoms with E-state index in [4.69, 9.17) is 0 Å². The van der Waals surface area contributed by atoms with Gasteiger partial charge in [0.25, 0.3) is 0 Å². The molecule has 0 atom stereocenters. The lowest BCUT2D eigenvalue weighted by Crippen LogP contribution is -2.19. The van der Waals surface area contributed by atoms with Crippen LogP contribution in [0.15, 0.2) is 36.0 Å². The van der Waals surface area contributed by atoms with Crippen LogP contribution >= 0.6 is 0 Å². The third kappa shape index (κ3) is 4.09. The Kier molecular flexibility index (Phi) is 3.97. The predicted molar refractivity (Wildman–Crippen MR) is 58.8 cm³/mol. The van der Waals surface area contributed by atoms with Crippen molar-refractivity contribution in [3.8, 4) is 0 Å². The molecular weight excluding hydrogens is 158 g/mol. The Morgan fingerprint density at radius 2 is 2.23 bits per heavy atom. The molecule has 0 fully saturated rings. The number of rotatable bonds is 0. The Morgan fingerprint density at radius 3 is 3.00 bits per heavy atom. The highest BCUT2D eigenvalue weighted by atomic mass is 15.1. The fourth-order valence-electron chi connectivity index (χ4n) is 1.53. The van der Waals surface area contributed by atoms with Crippen molar-refractivity contribution < 1.29 is 0 Å². The van der Waals surface area contributed by atoms with Crippen molar-refractivity contribution in [2.24, 2.45) is 0 Å². The quantitative estimate of drug-likeness (QED) is 0.550. The van der Waals surface area contributed by atoms with Crippen molar-refractivity contribution in [2.75, 3.05) is 20.1 Å². The Morgan fingerprint density at radius 1 is 1.46 bits per heavy atom. The van der Waals surface area contributed by atoms with E-state index in [0.717, 1.165) is 19.5 Å². The monoisotopic (exact) mass is 177 g/mol. The van der Waals surface area contributed by atoms with Gasteiger partial charge in [0.15, 0.2) is 0 Å². The third-order valence-corrected chi connectivity index (χ3v) is 2.27. The molecule has 0 saturated heterocycles. The minimum Gasteiger partial charge on any atom is -0.303 e. The fourth-order valence-corrected chi connectivity index (χ4v) is 1.53. The van der Waals surface area contributed by atoms with E-state index in [0.29, 0.717) is 0 Å². The summed E-state index contributed by atoms with van der Waals surface area (Å²) < 4.78 is 0. The highest BCUT2D eigenvalue weighted by Gasteiger charge is 1.98. The second-order valence-corrected chi connectivity index (χ2v) is 3.81. The Labute approximate surface area is 81.4 Å². The maximum atomic E-state index is 4.03. The van der Waals surface area contributed by atoms with Crippen LogP contribution in [0.5, 0.6) is 0 Å². The van der Waals surface area contributed by atoms with Gasteiger partial charge in [-0.2, -0.15) is 0 Å². The first kappa shape index (κ1) is 10.3. The van der Waals surface area contributed by atoms with E-state index >= 15 is 0 Å². The topological polar surface area (TPSA) is 3.24 Å². The van der Waals surface area contributed by atoms with Crippen molar-refractivity contribution in [1.82, 2.24) is 4.90 Å². The summed E-state index contributed by atoms with van der Waals surface area (Å²) in [5.41, 5.74) is 2.55. The van der Waals surface area contributed by atoms with Gasteiger partial charge in [0.1, 0.15) is 0 Å². The van der Waals surface area contributed by atoms with Crippen molar-refractivity contribution in [3.63, 3.8) is 0 Å². The van der Waals surface area contributed by atoms with E-state index in [1.165, 1.54) is 17.6 Å². The smallest absolute Gasteiger partial charge is 0.0163 e. The lowest BCUT2D eigenvalue weighted by molar-refractivity contribution is 0.364. The van der Waals surface area contributed by atoms with Crippen LogP contribution in [0, 0.1) is 0 Å². The van der Waals surface area contributed by atoms with Crippen LogP contribution in [0.25, 0.3) is 0 Å². The van der Waals surface area contributed by atoms with Gasteiger partial charge in [-0.3, -0.25) is 0 Å². The minimum absolute atomic E-state index is 1.05. The van der Waals surface area contributed by atoms with E-state index in [1.807, 2.05) is 0 Å². The molecule has 1 heterocycles. The van der Waals surface area contributed by atoms with Gasteiger partial charge in [0.2, 0.25) is 0 Å². The van der Waals surface area contributed by atoms with Gasteiger partial charge in [-0.15, -0.1) is 0 Å². The summed E-state index contributed by atoms with van der Waals surface area (Å²) in [6.07, 6.45) is 8.90. The fraction of sp³-hybridized carbons (Fsp3) is 0.500. The molecular formula is C12H19N. The van der Waals surface area contributed by atoms with Crippen molar-refractivity contribution in [2.45, 2.75) is 19.8 Å². The molecule has 1 aliphatic heterocycles. The van der Waals surface area contributed by atoms with Gasteiger partial charge < -0.3 is 4.90 Å². The molecule has 1 heteroatoms. The summed E-state index contributed by atoms with van der Waals surface area (Å²) >= 11 is 0. The number of allylic oxidation sites excluding steroid dienone is 4. The predicted octanol–water partition coefficient (Wildman–Crippen LogP) is 2.77. The second-order valence-electron chi connectivity index (χ2n) is 3.81. The second kappa shape index (κ2) is 5.03. The molecule has 0 aliphatic carbocycles. The molecule has 0 radical (unpaired) electrons. The summed E-state index contributed by atoms with van der Waals surface area (Å²) in [5, 5.41) is 0. The first-order valence-corrected chi connectivity index (χ1v) is 4.89. The lowest BCUT2D eigenvalue weighted by Gasteiger charge is -2.15. The first-order chi connectivity index (χ1) is 6.18. The van der Waals surface area contributed by atoms with Crippen LogP contribution in [0.2, 0.25) is 0 Å². The van der Waals surface area contributed by atoms with Crippen LogP contribution in [0.3, 0.4) is 0 Å². The number of likely N-dealkylation sites (N-methyl/N-ethyl adjacent to an activating group) is 1. The molecule has 1 aliphatic rings. The van der Waals surface area contributed by atoms with E-state index < -0.39 is 0 Å². The summed E-state index contributed by atoms with van der Waals surface area (Å²) in [4.78, 5) is 2.34. The Bertz CT molecular complexity index is 236. The maximum absolute atomic E-state index is 4.03. The molecule has 0 amide bonds. The summed E-state index contributed by atoms with van der Waals surface area (Å²) in [7, 11) is 2.16. The maximum Gasteiger partial charge on any atom is 0.0163 e. The van der Waals surface area contributed by atoms with Gasteiger partial charge in [0.05, 0.1) is 0 Å². The molecule has 0 unspecified atom stereocenters. The normalized spacial score (nSPS) is 27.8. The molecule has 0 saturated carbocycles. The van der Waals surface area contributed by atoms with Gasteiger partial charge in [-0.25, -0.2) is 0 Å². The highest BCUT2D eigenvalue weighted by molar-refractivity contribution is 5.27. The van der Waals surface area contributed by atoms with Crippen molar-refractivity contribution in [3.05, 3.63) is 36.0 Å². The van der Waals surface area contributed by atoms with Crippen LogP contribution in [0.4, 0.5) is 0 Å². The van der Waals surface area contributed by atoms with Crippen LogP contribution in [-0.4, -0.2) is 25.0 Å². The molecule has 0 aromatic rings. The van der Waals surface area contributed by atoms with Gasteiger partial charge in [-0.1, -0.05) is 36.0 Å².